The summed E-state index contributed by atoms with van der Waals surface area (Å²) in [6.07, 6.45) is 4.77. The summed E-state index contributed by atoms with van der Waals surface area (Å²) in [5.74, 6) is 1.76. The van der Waals surface area contributed by atoms with Crippen molar-refractivity contribution >= 4 is 0 Å². The molecule has 1 heterocycles. The Balaban J connectivity index is 1.88. The van der Waals surface area contributed by atoms with Crippen LogP contribution in [0.4, 0.5) is 0 Å². The van der Waals surface area contributed by atoms with Crippen LogP contribution in [0.1, 0.15) is 24.8 Å². The molecule has 15 heavy (non-hydrogen) atoms. The van der Waals surface area contributed by atoms with Crippen LogP contribution in [0.3, 0.4) is 0 Å². The van der Waals surface area contributed by atoms with Crippen molar-refractivity contribution in [3.8, 4) is 5.75 Å². The van der Waals surface area contributed by atoms with Crippen LogP contribution in [0, 0.1) is 5.92 Å². The molecule has 1 unspecified atom stereocenters. The van der Waals surface area contributed by atoms with Crippen molar-refractivity contribution in [2.75, 3.05) is 13.2 Å². The first-order valence-corrected chi connectivity index (χ1v) is 5.81. The molecule has 0 saturated carbocycles. The zero-order chi connectivity index (χ0) is 10.5. The zero-order valence-corrected chi connectivity index (χ0v) is 9.11. The molecule has 2 nitrogen and oxygen atoms in total. The first-order chi connectivity index (χ1) is 7.40. The maximum Gasteiger partial charge on any atom is 0.122 e. The van der Waals surface area contributed by atoms with E-state index >= 15 is 0 Å². The molecule has 1 aliphatic rings. The van der Waals surface area contributed by atoms with Crippen LogP contribution in [-0.4, -0.2) is 13.2 Å². The van der Waals surface area contributed by atoms with Gasteiger partial charge in [-0.3, -0.25) is 0 Å². The number of hydrogen-bond acceptors (Lipinski definition) is 2. The molecule has 0 fully saturated rings. The van der Waals surface area contributed by atoms with Crippen molar-refractivity contribution in [2.24, 2.45) is 11.7 Å². The molecule has 82 valence electrons. The summed E-state index contributed by atoms with van der Waals surface area (Å²) in [5.41, 5.74) is 6.85. The molecule has 0 aromatic heterocycles. The summed E-state index contributed by atoms with van der Waals surface area (Å²) in [5, 5.41) is 0. The largest absolute Gasteiger partial charge is 0.493 e. The summed E-state index contributed by atoms with van der Waals surface area (Å²) in [6, 6.07) is 8.36. The van der Waals surface area contributed by atoms with E-state index in [1.807, 2.05) is 6.07 Å². The number of unbranched alkanes of at least 4 members (excludes halogenated alkanes) is 1. The SMILES string of the molecule is NCCCCC1COc2ccccc2C1. The lowest BCUT2D eigenvalue weighted by Gasteiger charge is -2.25. The Labute approximate surface area is 91.4 Å². The van der Waals surface area contributed by atoms with E-state index in [2.05, 4.69) is 18.2 Å². The molecule has 0 bridgehead atoms. The van der Waals surface area contributed by atoms with Crippen LogP contribution in [0.2, 0.25) is 0 Å². The third-order valence-electron chi connectivity index (χ3n) is 3.02. The summed E-state index contributed by atoms with van der Waals surface area (Å²) >= 11 is 0. The van der Waals surface area contributed by atoms with E-state index in [1.165, 1.54) is 24.8 Å². The van der Waals surface area contributed by atoms with Gasteiger partial charge in [0.2, 0.25) is 0 Å². The molecular formula is C13H19NO. The van der Waals surface area contributed by atoms with Crippen LogP contribution in [-0.2, 0) is 6.42 Å². The Morgan fingerprint density at radius 1 is 1.27 bits per heavy atom. The predicted octanol–water partition coefficient (Wildman–Crippen LogP) is 2.37. The average Bonchev–Trinajstić information content (AvgIpc) is 2.29. The van der Waals surface area contributed by atoms with Crippen molar-refractivity contribution in [1.82, 2.24) is 0 Å². The molecule has 0 aliphatic carbocycles. The molecule has 2 rings (SSSR count). The number of fused-ring (bicyclic) bond motifs is 1. The molecule has 0 saturated heterocycles. The fourth-order valence-electron chi connectivity index (χ4n) is 2.15. The van der Waals surface area contributed by atoms with Crippen molar-refractivity contribution < 1.29 is 4.74 Å². The molecule has 2 heteroatoms. The molecule has 1 aromatic rings. The minimum Gasteiger partial charge on any atom is -0.493 e. The average molecular weight is 205 g/mol. The second kappa shape index (κ2) is 5.17. The standard InChI is InChI=1S/C13H19NO/c14-8-4-3-5-11-9-12-6-1-2-7-13(12)15-10-11/h1-2,6-7,11H,3-5,8-10,14H2. The lowest BCUT2D eigenvalue weighted by molar-refractivity contribution is 0.211. The van der Waals surface area contributed by atoms with Crippen LogP contribution in [0.15, 0.2) is 24.3 Å². The molecule has 1 aromatic carbocycles. The normalized spacial score (nSPS) is 19.4. The Hall–Kier alpha value is -1.02. The highest BCUT2D eigenvalue weighted by Crippen LogP contribution is 2.28. The summed E-state index contributed by atoms with van der Waals surface area (Å²) in [7, 11) is 0. The summed E-state index contributed by atoms with van der Waals surface area (Å²) in [4.78, 5) is 0. The van der Waals surface area contributed by atoms with E-state index in [4.69, 9.17) is 10.5 Å². The number of ether oxygens (including phenoxy) is 1. The van der Waals surface area contributed by atoms with Gasteiger partial charge in [-0.1, -0.05) is 24.6 Å². The quantitative estimate of drug-likeness (QED) is 0.766. The van der Waals surface area contributed by atoms with Gasteiger partial charge in [-0.2, -0.15) is 0 Å². The van der Waals surface area contributed by atoms with E-state index in [0.717, 1.165) is 25.3 Å². The van der Waals surface area contributed by atoms with E-state index < -0.39 is 0 Å². The van der Waals surface area contributed by atoms with Crippen molar-refractivity contribution in [2.45, 2.75) is 25.7 Å². The van der Waals surface area contributed by atoms with Crippen LogP contribution >= 0.6 is 0 Å². The van der Waals surface area contributed by atoms with Crippen LogP contribution in [0.25, 0.3) is 0 Å². The molecule has 1 aliphatic heterocycles. The monoisotopic (exact) mass is 205 g/mol. The van der Waals surface area contributed by atoms with Gasteiger partial charge in [0.1, 0.15) is 5.75 Å². The first kappa shape index (κ1) is 10.5. The van der Waals surface area contributed by atoms with E-state index in [1.54, 1.807) is 0 Å². The minimum absolute atomic E-state index is 0.687. The van der Waals surface area contributed by atoms with E-state index in [-0.39, 0.29) is 0 Å². The van der Waals surface area contributed by atoms with Gasteiger partial charge in [0, 0.05) is 0 Å². The van der Waals surface area contributed by atoms with Gasteiger partial charge in [0.05, 0.1) is 6.61 Å². The van der Waals surface area contributed by atoms with Gasteiger partial charge in [-0.25, -0.2) is 0 Å². The second-order valence-electron chi connectivity index (χ2n) is 4.27. The Kier molecular flexibility index (Phi) is 3.62. The molecule has 0 radical (unpaired) electrons. The lowest BCUT2D eigenvalue weighted by atomic mass is 9.92. The molecule has 0 spiro atoms. The zero-order valence-electron chi connectivity index (χ0n) is 9.11. The molecule has 2 N–H and O–H groups in total. The summed E-state index contributed by atoms with van der Waals surface area (Å²) in [6.45, 7) is 1.69. The molecular weight excluding hydrogens is 186 g/mol. The number of para-hydroxylation sites is 1. The maximum atomic E-state index is 5.74. The highest BCUT2D eigenvalue weighted by molar-refractivity contribution is 5.34. The van der Waals surface area contributed by atoms with Gasteiger partial charge < -0.3 is 10.5 Å². The van der Waals surface area contributed by atoms with Crippen molar-refractivity contribution in [3.05, 3.63) is 29.8 Å². The molecule has 1 atom stereocenters. The molecule has 0 amide bonds. The van der Waals surface area contributed by atoms with Crippen LogP contribution < -0.4 is 10.5 Å². The highest BCUT2D eigenvalue weighted by Gasteiger charge is 2.18. The summed E-state index contributed by atoms with van der Waals surface area (Å²) < 4.78 is 5.74. The Morgan fingerprint density at radius 3 is 3.00 bits per heavy atom. The van der Waals surface area contributed by atoms with E-state index in [9.17, 15) is 0 Å². The lowest BCUT2D eigenvalue weighted by Crippen LogP contribution is -2.20. The van der Waals surface area contributed by atoms with Crippen molar-refractivity contribution in [3.63, 3.8) is 0 Å². The first-order valence-electron chi connectivity index (χ1n) is 5.81. The Morgan fingerprint density at radius 2 is 2.13 bits per heavy atom. The number of rotatable bonds is 4. The minimum atomic E-state index is 0.687. The van der Waals surface area contributed by atoms with Gasteiger partial charge in [-0.15, -0.1) is 0 Å². The topological polar surface area (TPSA) is 35.2 Å². The van der Waals surface area contributed by atoms with Gasteiger partial charge in [0.25, 0.3) is 0 Å². The predicted molar refractivity (Wildman–Crippen MR) is 62.0 cm³/mol. The second-order valence-corrected chi connectivity index (χ2v) is 4.27. The van der Waals surface area contributed by atoms with E-state index in [0.29, 0.717) is 5.92 Å². The van der Waals surface area contributed by atoms with Crippen LogP contribution in [0.5, 0.6) is 5.75 Å². The number of benzene rings is 1. The Bertz CT molecular complexity index is 311. The smallest absolute Gasteiger partial charge is 0.122 e. The third kappa shape index (κ3) is 2.72. The number of nitrogens with two attached hydrogens (primary N) is 1. The maximum absolute atomic E-state index is 5.74. The fourth-order valence-corrected chi connectivity index (χ4v) is 2.15. The van der Waals surface area contributed by atoms with Gasteiger partial charge >= 0.3 is 0 Å². The number of hydrogen-bond donors (Lipinski definition) is 1. The third-order valence-corrected chi connectivity index (χ3v) is 3.02. The van der Waals surface area contributed by atoms with Crippen molar-refractivity contribution in [1.29, 1.82) is 0 Å². The fraction of sp³-hybridized carbons (Fsp3) is 0.538. The van der Waals surface area contributed by atoms with Gasteiger partial charge in [0.15, 0.2) is 0 Å². The highest BCUT2D eigenvalue weighted by atomic mass is 16.5. The van der Waals surface area contributed by atoms with Gasteiger partial charge in [-0.05, 0) is 43.4 Å².